The van der Waals surface area contributed by atoms with Crippen molar-refractivity contribution in [3.63, 3.8) is 0 Å². The van der Waals surface area contributed by atoms with Crippen molar-refractivity contribution in [1.29, 1.82) is 0 Å². The van der Waals surface area contributed by atoms with E-state index in [4.69, 9.17) is 11.6 Å². The number of esters is 1. The highest BCUT2D eigenvalue weighted by molar-refractivity contribution is 7.90. The van der Waals surface area contributed by atoms with Crippen molar-refractivity contribution >= 4 is 27.4 Å². The number of benzene rings is 1. The molecule has 1 aromatic carbocycles. The molecule has 2 rings (SSSR count). The molecule has 22 heavy (non-hydrogen) atoms. The normalized spacial score (nSPS) is 11.2. The monoisotopic (exact) mass is 339 g/mol. The quantitative estimate of drug-likeness (QED) is 0.632. The van der Waals surface area contributed by atoms with E-state index < -0.39 is 15.8 Å². The van der Waals surface area contributed by atoms with Gasteiger partial charge in [0.2, 0.25) is 9.84 Å². The van der Waals surface area contributed by atoms with Gasteiger partial charge in [-0.2, -0.15) is 0 Å². The van der Waals surface area contributed by atoms with Crippen LogP contribution in [0.5, 0.6) is 0 Å². The van der Waals surface area contributed by atoms with Crippen molar-refractivity contribution in [1.82, 2.24) is 4.98 Å². The van der Waals surface area contributed by atoms with Crippen LogP contribution in [0.3, 0.4) is 0 Å². The fourth-order valence-corrected chi connectivity index (χ4v) is 3.60. The number of pyridine rings is 1. The van der Waals surface area contributed by atoms with E-state index in [0.717, 1.165) is 0 Å². The third kappa shape index (κ3) is 3.45. The standard InChI is InChI=1S/C15H14ClNO4S/c1-10-8-12(15(18)21-2)14(17-13(10)16)22(19,20)9-11-6-4-3-5-7-11/h3-8H,9H2,1-2H3. The number of carbonyl (C=O) groups is 1. The molecule has 0 amide bonds. The molecular weight excluding hydrogens is 326 g/mol. The van der Waals surface area contributed by atoms with Gasteiger partial charge in [-0.3, -0.25) is 0 Å². The maximum absolute atomic E-state index is 12.6. The number of rotatable bonds is 4. The first kappa shape index (κ1) is 16.5. The van der Waals surface area contributed by atoms with E-state index in [1.54, 1.807) is 37.3 Å². The molecule has 0 N–H and O–H groups in total. The molecule has 0 saturated carbocycles. The van der Waals surface area contributed by atoms with E-state index in [9.17, 15) is 13.2 Å². The van der Waals surface area contributed by atoms with Crippen LogP contribution < -0.4 is 0 Å². The first-order valence-electron chi connectivity index (χ1n) is 6.37. The summed E-state index contributed by atoms with van der Waals surface area (Å²) >= 11 is 5.92. The van der Waals surface area contributed by atoms with Crippen molar-refractivity contribution in [3.05, 3.63) is 58.2 Å². The molecule has 0 aliphatic carbocycles. The molecule has 0 aliphatic rings. The molecule has 0 bridgehead atoms. The summed E-state index contributed by atoms with van der Waals surface area (Å²) in [5, 5.41) is -0.321. The second-order valence-corrected chi connectivity index (χ2v) is 6.95. The fourth-order valence-electron chi connectivity index (χ4n) is 1.93. The predicted molar refractivity (Wildman–Crippen MR) is 82.7 cm³/mol. The lowest BCUT2D eigenvalue weighted by atomic mass is 10.2. The fraction of sp³-hybridized carbons (Fsp3) is 0.200. The summed E-state index contributed by atoms with van der Waals surface area (Å²) in [5.74, 6) is -1.04. The Hall–Kier alpha value is -1.92. The predicted octanol–water partition coefficient (Wildman–Crippen LogP) is 2.80. The van der Waals surface area contributed by atoms with Crippen LogP contribution in [-0.2, 0) is 20.3 Å². The lowest BCUT2D eigenvalue weighted by molar-refractivity contribution is 0.0595. The Bertz CT molecular complexity index is 804. The third-order valence-electron chi connectivity index (χ3n) is 3.02. The Labute approximate surface area is 133 Å². The zero-order valence-electron chi connectivity index (χ0n) is 12.0. The Morgan fingerprint density at radius 3 is 2.50 bits per heavy atom. The van der Waals surface area contributed by atoms with E-state index in [1.807, 2.05) is 0 Å². The Kier molecular flexibility index (Phi) is 4.83. The van der Waals surface area contributed by atoms with Crippen molar-refractivity contribution in [2.45, 2.75) is 17.7 Å². The summed E-state index contributed by atoms with van der Waals surface area (Å²) in [6.45, 7) is 1.63. The van der Waals surface area contributed by atoms with E-state index >= 15 is 0 Å². The highest BCUT2D eigenvalue weighted by Gasteiger charge is 2.26. The molecule has 0 spiro atoms. The largest absolute Gasteiger partial charge is 0.465 e. The maximum atomic E-state index is 12.6. The van der Waals surface area contributed by atoms with Crippen LogP contribution >= 0.6 is 11.6 Å². The Morgan fingerprint density at radius 2 is 1.91 bits per heavy atom. The molecule has 2 aromatic rings. The van der Waals surface area contributed by atoms with Gasteiger partial charge in [0.1, 0.15) is 5.15 Å². The molecule has 5 nitrogen and oxygen atoms in total. The van der Waals surface area contributed by atoms with Gasteiger partial charge >= 0.3 is 5.97 Å². The smallest absolute Gasteiger partial charge is 0.340 e. The molecule has 0 saturated heterocycles. The second-order valence-electron chi connectivity index (χ2n) is 4.69. The van der Waals surface area contributed by atoms with Gasteiger partial charge in [0.05, 0.1) is 18.4 Å². The topological polar surface area (TPSA) is 73.3 Å². The minimum Gasteiger partial charge on any atom is -0.465 e. The van der Waals surface area contributed by atoms with Crippen LogP contribution in [0.2, 0.25) is 5.15 Å². The van der Waals surface area contributed by atoms with E-state index in [1.165, 1.54) is 13.2 Å². The lowest BCUT2D eigenvalue weighted by Crippen LogP contribution is -2.15. The number of halogens is 1. The number of sulfone groups is 1. The minimum atomic E-state index is -3.83. The zero-order chi connectivity index (χ0) is 16.3. The van der Waals surface area contributed by atoms with Gasteiger partial charge in [0.25, 0.3) is 0 Å². The number of hydrogen-bond donors (Lipinski definition) is 0. The first-order valence-corrected chi connectivity index (χ1v) is 8.40. The van der Waals surface area contributed by atoms with Gasteiger partial charge in [0.15, 0.2) is 5.03 Å². The number of hydrogen-bond acceptors (Lipinski definition) is 5. The summed E-state index contributed by atoms with van der Waals surface area (Å²) in [7, 11) is -2.65. The number of methoxy groups -OCH3 is 1. The van der Waals surface area contributed by atoms with Crippen molar-refractivity contribution in [3.8, 4) is 0 Å². The highest BCUT2D eigenvalue weighted by atomic mass is 35.5. The minimum absolute atomic E-state index is 0.0410. The molecule has 0 atom stereocenters. The van der Waals surface area contributed by atoms with Crippen LogP contribution in [0.4, 0.5) is 0 Å². The molecule has 1 heterocycles. The SMILES string of the molecule is COC(=O)c1cc(C)c(Cl)nc1S(=O)(=O)Cc1ccccc1. The van der Waals surface area contributed by atoms with E-state index in [0.29, 0.717) is 11.1 Å². The van der Waals surface area contributed by atoms with Crippen LogP contribution in [0.15, 0.2) is 41.4 Å². The summed E-state index contributed by atoms with van der Waals surface area (Å²) in [6.07, 6.45) is 0. The summed E-state index contributed by atoms with van der Waals surface area (Å²) in [4.78, 5) is 15.7. The van der Waals surface area contributed by atoms with Crippen molar-refractivity contribution in [2.24, 2.45) is 0 Å². The van der Waals surface area contributed by atoms with Gasteiger partial charge in [-0.05, 0) is 24.1 Å². The second kappa shape index (κ2) is 6.46. The number of ether oxygens (including phenoxy) is 1. The van der Waals surface area contributed by atoms with Gasteiger partial charge in [-0.25, -0.2) is 18.2 Å². The van der Waals surface area contributed by atoms with Crippen molar-refractivity contribution < 1.29 is 17.9 Å². The number of nitrogens with zero attached hydrogens (tertiary/aromatic N) is 1. The molecule has 0 aliphatic heterocycles. The van der Waals surface area contributed by atoms with Crippen LogP contribution in [0.25, 0.3) is 0 Å². The average Bonchev–Trinajstić information content (AvgIpc) is 2.49. The number of carbonyl (C=O) groups excluding carboxylic acids is 1. The summed E-state index contributed by atoms with van der Waals surface area (Å²) in [5.41, 5.74) is 0.984. The molecule has 0 fully saturated rings. The van der Waals surface area contributed by atoms with E-state index in [-0.39, 0.29) is 21.5 Å². The van der Waals surface area contributed by atoms with E-state index in [2.05, 4.69) is 9.72 Å². The van der Waals surface area contributed by atoms with Gasteiger partial charge in [-0.1, -0.05) is 41.9 Å². The van der Waals surface area contributed by atoms with Gasteiger partial charge in [0, 0.05) is 0 Å². The lowest BCUT2D eigenvalue weighted by Gasteiger charge is -2.10. The molecule has 0 unspecified atom stereocenters. The molecular formula is C15H14ClNO4S. The third-order valence-corrected chi connectivity index (χ3v) is 5.01. The summed E-state index contributed by atoms with van der Waals surface area (Å²) < 4.78 is 29.8. The summed E-state index contributed by atoms with van der Waals surface area (Å²) in [6, 6.07) is 10.0. The first-order chi connectivity index (χ1) is 10.3. The number of aryl methyl sites for hydroxylation is 1. The average molecular weight is 340 g/mol. The molecule has 116 valence electrons. The van der Waals surface area contributed by atoms with Gasteiger partial charge in [-0.15, -0.1) is 0 Å². The van der Waals surface area contributed by atoms with Crippen LogP contribution in [-0.4, -0.2) is 26.5 Å². The van der Waals surface area contributed by atoms with Crippen LogP contribution in [0.1, 0.15) is 21.5 Å². The Morgan fingerprint density at radius 1 is 1.27 bits per heavy atom. The molecule has 7 heteroatoms. The Balaban J connectivity index is 2.55. The van der Waals surface area contributed by atoms with Crippen LogP contribution in [0, 0.1) is 6.92 Å². The van der Waals surface area contributed by atoms with Crippen molar-refractivity contribution in [2.75, 3.05) is 7.11 Å². The molecule has 1 aromatic heterocycles. The maximum Gasteiger partial charge on any atom is 0.340 e. The van der Waals surface area contributed by atoms with Gasteiger partial charge < -0.3 is 4.74 Å². The highest BCUT2D eigenvalue weighted by Crippen LogP contribution is 2.24. The number of aromatic nitrogens is 1. The zero-order valence-corrected chi connectivity index (χ0v) is 13.6. The molecule has 0 radical (unpaired) electrons.